The number of carbonyl (C=O) groups excluding carboxylic acids is 3. The van der Waals surface area contributed by atoms with Gasteiger partial charge in [-0.15, -0.1) is 0 Å². The van der Waals surface area contributed by atoms with Crippen LogP contribution in [0.1, 0.15) is 107 Å². The van der Waals surface area contributed by atoms with E-state index in [9.17, 15) is 19.5 Å². The lowest BCUT2D eigenvalue weighted by Crippen LogP contribution is -2.63. The first kappa shape index (κ1) is 27.5. The van der Waals surface area contributed by atoms with Gasteiger partial charge in [0, 0.05) is 5.41 Å². The molecular formula is C31H48O5. The predicted molar refractivity (Wildman–Crippen MR) is 140 cm³/mol. The molecule has 0 radical (unpaired) electrons. The Labute approximate surface area is 217 Å². The molecule has 3 saturated carbocycles. The average molecular weight is 501 g/mol. The lowest BCUT2D eigenvalue weighted by molar-refractivity contribution is -0.167. The van der Waals surface area contributed by atoms with E-state index in [0.717, 1.165) is 37.7 Å². The summed E-state index contributed by atoms with van der Waals surface area (Å²) in [7, 11) is 1.41. The van der Waals surface area contributed by atoms with E-state index in [0.29, 0.717) is 12.8 Å². The monoisotopic (exact) mass is 500 g/mol. The normalized spacial score (nSPS) is 45.8. The maximum absolute atomic E-state index is 14.8. The van der Waals surface area contributed by atoms with Gasteiger partial charge in [-0.2, -0.15) is 0 Å². The predicted octanol–water partition coefficient (Wildman–Crippen LogP) is 6.07. The van der Waals surface area contributed by atoms with E-state index < -0.39 is 16.2 Å². The fourth-order valence-electron chi connectivity index (χ4n) is 9.32. The van der Waals surface area contributed by atoms with Crippen LogP contribution in [-0.4, -0.2) is 35.9 Å². The molecule has 0 aromatic heterocycles. The maximum atomic E-state index is 14.8. The zero-order chi connectivity index (χ0) is 27.1. The zero-order valence-corrected chi connectivity index (χ0v) is 24.0. The highest BCUT2D eigenvalue weighted by molar-refractivity contribution is 6.17. The molecule has 1 N–H and O–H groups in total. The molecule has 5 heteroatoms. The van der Waals surface area contributed by atoms with Crippen LogP contribution < -0.4 is 0 Å². The third kappa shape index (κ3) is 3.69. The van der Waals surface area contributed by atoms with Gasteiger partial charge >= 0.3 is 5.97 Å². The molecule has 5 nitrogen and oxygen atoms in total. The van der Waals surface area contributed by atoms with Crippen molar-refractivity contribution in [1.29, 1.82) is 0 Å². The van der Waals surface area contributed by atoms with E-state index in [1.807, 2.05) is 13.0 Å². The first-order valence-corrected chi connectivity index (χ1v) is 14.0. The smallest absolute Gasteiger partial charge is 0.306 e. The van der Waals surface area contributed by atoms with Gasteiger partial charge in [-0.25, -0.2) is 0 Å². The van der Waals surface area contributed by atoms with Crippen LogP contribution in [0.2, 0.25) is 0 Å². The summed E-state index contributed by atoms with van der Waals surface area (Å²) in [5.74, 6) is -0.349. The molecule has 0 unspecified atom stereocenters. The van der Waals surface area contributed by atoms with Crippen LogP contribution in [0.25, 0.3) is 0 Å². The highest BCUT2D eigenvalue weighted by atomic mass is 16.5. The quantitative estimate of drug-likeness (QED) is 0.376. The summed E-state index contributed by atoms with van der Waals surface area (Å²) in [6, 6.07) is 0. The summed E-state index contributed by atoms with van der Waals surface area (Å²) in [4.78, 5) is 41.5. The molecule has 4 aliphatic carbocycles. The largest absolute Gasteiger partial charge is 0.469 e. The van der Waals surface area contributed by atoms with Crippen molar-refractivity contribution >= 4 is 17.5 Å². The number of Topliss-reactive ketones (excluding diaryl/α,β-unsaturated/α-hetero) is 1. The fourth-order valence-corrected chi connectivity index (χ4v) is 9.32. The molecule has 0 spiro atoms. The molecule has 0 aromatic rings. The Morgan fingerprint density at radius 2 is 1.58 bits per heavy atom. The van der Waals surface area contributed by atoms with Crippen molar-refractivity contribution in [3.63, 3.8) is 0 Å². The summed E-state index contributed by atoms with van der Waals surface area (Å²) in [5.41, 5.74) is -1.95. The van der Waals surface area contributed by atoms with Crippen molar-refractivity contribution < 1.29 is 24.2 Å². The number of allylic oxidation sites excluding steroid dienone is 2. The molecule has 3 fully saturated rings. The van der Waals surface area contributed by atoms with Crippen LogP contribution in [0.4, 0.5) is 0 Å². The van der Waals surface area contributed by atoms with Gasteiger partial charge in [0.1, 0.15) is 0 Å². The number of methoxy groups -OCH3 is 1. The Morgan fingerprint density at radius 3 is 2.19 bits per heavy atom. The van der Waals surface area contributed by atoms with Gasteiger partial charge in [0.15, 0.2) is 11.6 Å². The molecule has 0 saturated heterocycles. The average Bonchev–Trinajstić information content (AvgIpc) is 2.79. The fraction of sp³-hybridized carbons (Fsp3) is 0.839. The van der Waals surface area contributed by atoms with Gasteiger partial charge in [0.2, 0.25) is 0 Å². The van der Waals surface area contributed by atoms with Gasteiger partial charge in [-0.05, 0) is 104 Å². The molecular weight excluding hydrogens is 452 g/mol. The molecule has 7 atom stereocenters. The van der Waals surface area contributed by atoms with Gasteiger partial charge < -0.3 is 9.84 Å². The van der Waals surface area contributed by atoms with Crippen molar-refractivity contribution in [3.05, 3.63) is 11.6 Å². The van der Waals surface area contributed by atoms with Gasteiger partial charge in [0.05, 0.1) is 25.0 Å². The number of esters is 1. The van der Waals surface area contributed by atoms with Crippen molar-refractivity contribution in [2.45, 2.75) is 113 Å². The molecule has 4 rings (SSSR count). The van der Waals surface area contributed by atoms with Crippen molar-refractivity contribution in [2.75, 3.05) is 7.11 Å². The number of rotatable bonds is 3. The van der Waals surface area contributed by atoms with Crippen molar-refractivity contribution in [3.8, 4) is 0 Å². The number of fused-ring (bicyclic) bond motifs is 3. The molecule has 4 aliphatic rings. The third-order valence-electron chi connectivity index (χ3n) is 11.8. The number of aliphatic hydroxyl groups excluding tert-OH is 1. The SMILES string of the molecule is COC(=O)C[C@]1(C)CCC(C)(C)C[C@@H]1[C@]1(C)C(=O)C=C2[C@](C)(CC[C@H]3C(C)(C)[C@H](O)CC[C@]23C)C1=O. The standard InChI is InChI=1S/C31H48O5/c1-26(2)14-15-28(5,18-24(34)36-9)21(17-26)31(8)23(33)16-20-29(6)13-11-22(32)27(3,4)19(29)10-12-30(20,7)25(31)35/h16,19,21-22,32H,10-15,17-18H2,1-9H3/t19-,21-,22+,28-,29-,30-,31+/m0/s1. The summed E-state index contributed by atoms with van der Waals surface area (Å²) in [6.07, 6.45) is 7.19. The highest BCUT2D eigenvalue weighted by Gasteiger charge is 2.67. The van der Waals surface area contributed by atoms with Crippen molar-refractivity contribution in [1.82, 2.24) is 0 Å². The second-order valence-electron chi connectivity index (χ2n) is 15.0. The van der Waals surface area contributed by atoms with Crippen LogP contribution in [0.5, 0.6) is 0 Å². The Bertz CT molecular complexity index is 1010. The van der Waals surface area contributed by atoms with Crippen LogP contribution in [-0.2, 0) is 19.1 Å². The number of ether oxygens (including phenoxy) is 1. The zero-order valence-electron chi connectivity index (χ0n) is 24.0. The Kier molecular flexibility index (Phi) is 6.31. The van der Waals surface area contributed by atoms with Crippen molar-refractivity contribution in [2.24, 2.45) is 44.3 Å². The van der Waals surface area contributed by atoms with E-state index >= 15 is 0 Å². The lowest BCUT2D eigenvalue weighted by atomic mass is 9.39. The summed E-state index contributed by atoms with van der Waals surface area (Å²) < 4.78 is 5.06. The Hall–Kier alpha value is -1.49. The molecule has 0 heterocycles. The highest BCUT2D eigenvalue weighted by Crippen LogP contribution is 2.68. The number of hydrogen-bond donors (Lipinski definition) is 1. The van der Waals surface area contributed by atoms with E-state index in [1.54, 1.807) is 0 Å². The molecule has 0 amide bonds. The first-order valence-electron chi connectivity index (χ1n) is 14.0. The van der Waals surface area contributed by atoms with Gasteiger partial charge in [0.25, 0.3) is 0 Å². The topological polar surface area (TPSA) is 80.7 Å². The molecule has 202 valence electrons. The lowest BCUT2D eigenvalue weighted by Gasteiger charge is -2.63. The number of ketones is 2. The molecule has 0 aliphatic heterocycles. The molecule has 0 bridgehead atoms. The number of hydrogen-bond acceptors (Lipinski definition) is 5. The van der Waals surface area contributed by atoms with E-state index in [1.165, 1.54) is 7.11 Å². The maximum Gasteiger partial charge on any atom is 0.306 e. The van der Waals surface area contributed by atoms with Crippen LogP contribution >= 0.6 is 0 Å². The van der Waals surface area contributed by atoms with E-state index in [-0.39, 0.29) is 58.1 Å². The minimum Gasteiger partial charge on any atom is -0.469 e. The van der Waals surface area contributed by atoms with Crippen LogP contribution in [0.15, 0.2) is 11.6 Å². The molecule has 0 aromatic carbocycles. The number of carbonyl (C=O) groups is 3. The minimum absolute atomic E-state index is 0.0120. The minimum atomic E-state index is -1.17. The number of aliphatic hydroxyl groups is 1. The van der Waals surface area contributed by atoms with E-state index in [2.05, 4.69) is 48.5 Å². The third-order valence-corrected chi connectivity index (χ3v) is 11.8. The first-order chi connectivity index (χ1) is 16.4. The molecule has 36 heavy (non-hydrogen) atoms. The summed E-state index contributed by atoms with van der Waals surface area (Å²) >= 11 is 0. The van der Waals surface area contributed by atoms with E-state index in [4.69, 9.17) is 4.74 Å². The van der Waals surface area contributed by atoms with Crippen LogP contribution in [0, 0.1) is 44.3 Å². The van der Waals surface area contributed by atoms with Gasteiger partial charge in [-0.3, -0.25) is 14.4 Å². The van der Waals surface area contributed by atoms with Gasteiger partial charge in [-0.1, -0.05) is 41.5 Å². The second-order valence-corrected chi connectivity index (χ2v) is 15.0. The summed E-state index contributed by atoms with van der Waals surface area (Å²) in [5, 5.41) is 10.8. The summed E-state index contributed by atoms with van der Waals surface area (Å²) in [6.45, 7) is 17.0. The Morgan fingerprint density at radius 1 is 0.944 bits per heavy atom. The Balaban J connectivity index is 1.84. The second kappa shape index (κ2) is 8.25. The van der Waals surface area contributed by atoms with Crippen LogP contribution in [0.3, 0.4) is 0 Å².